The molecule has 1 heterocycles. The fourth-order valence-electron chi connectivity index (χ4n) is 3.03. The summed E-state index contributed by atoms with van der Waals surface area (Å²) in [5.41, 5.74) is 0.555. The van der Waals surface area contributed by atoms with Crippen molar-refractivity contribution >= 4 is 5.91 Å². The molecule has 1 aromatic heterocycles. The van der Waals surface area contributed by atoms with Crippen LogP contribution in [0.5, 0.6) is 0 Å². The van der Waals surface area contributed by atoms with Crippen LogP contribution in [0, 0.1) is 5.82 Å². The first-order chi connectivity index (χ1) is 12.1. The van der Waals surface area contributed by atoms with Gasteiger partial charge in [0.15, 0.2) is 0 Å². The maximum atomic E-state index is 12.9. The fourth-order valence-corrected chi connectivity index (χ4v) is 3.03. The van der Waals surface area contributed by atoms with Crippen molar-refractivity contribution < 1.29 is 18.7 Å². The Hall–Kier alpha value is -2.28. The predicted octanol–water partition coefficient (Wildman–Crippen LogP) is 2.65. The summed E-state index contributed by atoms with van der Waals surface area (Å²) >= 11 is 0. The van der Waals surface area contributed by atoms with E-state index in [1.165, 1.54) is 37.1 Å². The van der Waals surface area contributed by atoms with Gasteiger partial charge in [-0.1, -0.05) is 25.0 Å². The Kier molecular flexibility index (Phi) is 5.75. The van der Waals surface area contributed by atoms with Crippen LogP contribution in [0.4, 0.5) is 4.39 Å². The van der Waals surface area contributed by atoms with Crippen molar-refractivity contribution in [2.24, 2.45) is 0 Å². The Morgan fingerprint density at radius 3 is 2.72 bits per heavy atom. The van der Waals surface area contributed by atoms with E-state index in [1.807, 2.05) is 0 Å². The molecule has 3 rings (SSSR count). The third-order valence-corrected chi connectivity index (χ3v) is 4.50. The highest BCUT2D eigenvalue weighted by atomic mass is 19.1. The number of aromatic nitrogens is 2. The minimum absolute atomic E-state index is 0.0711. The van der Waals surface area contributed by atoms with E-state index < -0.39 is 6.10 Å². The number of hydrogen-bond acceptors (Lipinski definition) is 5. The summed E-state index contributed by atoms with van der Waals surface area (Å²) < 4.78 is 18.5. The van der Waals surface area contributed by atoms with Gasteiger partial charge >= 0.3 is 0 Å². The van der Waals surface area contributed by atoms with Crippen LogP contribution < -0.4 is 5.32 Å². The van der Waals surface area contributed by atoms with Crippen LogP contribution in [0.3, 0.4) is 0 Å². The average molecular weight is 347 g/mol. The molecule has 0 saturated heterocycles. The number of rotatable bonds is 7. The van der Waals surface area contributed by atoms with Gasteiger partial charge in [-0.05, 0) is 30.5 Å². The molecule has 1 aromatic carbocycles. The molecule has 7 heteroatoms. The molecule has 25 heavy (non-hydrogen) atoms. The van der Waals surface area contributed by atoms with Gasteiger partial charge in [0.1, 0.15) is 5.82 Å². The van der Waals surface area contributed by atoms with Gasteiger partial charge in [0.25, 0.3) is 0 Å². The van der Waals surface area contributed by atoms with Crippen LogP contribution in [0.15, 0.2) is 28.7 Å². The Bertz CT molecular complexity index is 696. The van der Waals surface area contributed by atoms with Gasteiger partial charge in [0.2, 0.25) is 17.7 Å². The number of nitrogens with zero attached hydrogens (tertiary/aromatic N) is 2. The van der Waals surface area contributed by atoms with E-state index >= 15 is 0 Å². The quantitative estimate of drug-likeness (QED) is 0.804. The molecule has 1 atom stereocenters. The number of amides is 1. The van der Waals surface area contributed by atoms with E-state index in [0.717, 1.165) is 12.8 Å². The summed E-state index contributed by atoms with van der Waals surface area (Å²) in [6, 6.07) is 5.54. The van der Waals surface area contributed by atoms with Crippen LogP contribution >= 0.6 is 0 Å². The van der Waals surface area contributed by atoms with Gasteiger partial charge in [-0.25, -0.2) is 4.39 Å². The van der Waals surface area contributed by atoms with Crippen molar-refractivity contribution in [2.75, 3.05) is 6.54 Å². The Morgan fingerprint density at radius 2 is 2.00 bits per heavy atom. The minimum Gasteiger partial charge on any atom is -0.425 e. The monoisotopic (exact) mass is 347 g/mol. The lowest BCUT2D eigenvalue weighted by Crippen LogP contribution is -2.28. The van der Waals surface area contributed by atoms with Crippen LogP contribution in [0.2, 0.25) is 0 Å². The summed E-state index contributed by atoms with van der Waals surface area (Å²) in [6.45, 7) is 0.0711. The Morgan fingerprint density at radius 1 is 1.28 bits per heavy atom. The number of hydrogen-bond donors (Lipinski definition) is 2. The summed E-state index contributed by atoms with van der Waals surface area (Å²) in [7, 11) is 0. The summed E-state index contributed by atoms with van der Waals surface area (Å²) in [5, 5.41) is 20.7. The second kappa shape index (κ2) is 8.20. The molecule has 0 bridgehead atoms. The van der Waals surface area contributed by atoms with E-state index in [1.54, 1.807) is 0 Å². The molecular weight excluding hydrogens is 325 g/mol. The molecule has 1 amide bonds. The summed E-state index contributed by atoms with van der Waals surface area (Å²) in [6.07, 6.45) is 4.28. The number of aliphatic hydroxyl groups is 1. The molecule has 1 fully saturated rings. The molecule has 6 nitrogen and oxygen atoms in total. The molecule has 1 aliphatic carbocycles. The van der Waals surface area contributed by atoms with Crippen LogP contribution in [-0.4, -0.2) is 27.8 Å². The Balaban J connectivity index is 1.41. The number of halogens is 1. The Labute approximate surface area is 145 Å². The lowest BCUT2D eigenvalue weighted by Gasteiger charge is -2.12. The average Bonchev–Trinajstić information content (AvgIpc) is 3.29. The number of aliphatic hydroxyl groups excluding tert-OH is 1. The second-order valence-electron chi connectivity index (χ2n) is 6.39. The maximum Gasteiger partial charge on any atom is 0.220 e. The molecule has 1 unspecified atom stereocenters. The van der Waals surface area contributed by atoms with Gasteiger partial charge in [0.05, 0.1) is 6.10 Å². The van der Waals surface area contributed by atoms with E-state index in [4.69, 9.17) is 4.42 Å². The lowest BCUT2D eigenvalue weighted by molar-refractivity contribution is -0.121. The van der Waals surface area contributed by atoms with Crippen molar-refractivity contribution in [3.05, 3.63) is 47.4 Å². The number of aryl methyl sites for hydroxylation is 1. The molecule has 1 aliphatic rings. The van der Waals surface area contributed by atoms with E-state index in [0.29, 0.717) is 29.7 Å². The lowest BCUT2D eigenvalue weighted by atomic mass is 10.1. The first-order valence-corrected chi connectivity index (χ1v) is 8.64. The number of carbonyl (C=O) groups is 1. The van der Waals surface area contributed by atoms with Crippen molar-refractivity contribution in [3.63, 3.8) is 0 Å². The van der Waals surface area contributed by atoms with E-state index in [2.05, 4.69) is 15.5 Å². The van der Waals surface area contributed by atoms with Crippen LogP contribution in [0.25, 0.3) is 0 Å². The molecular formula is C18H22FN3O3. The zero-order valence-corrected chi connectivity index (χ0v) is 13.9. The molecule has 0 spiro atoms. The van der Waals surface area contributed by atoms with Gasteiger partial charge in [-0.3, -0.25) is 4.79 Å². The van der Waals surface area contributed by atoms with E-state index in [9.17, 15) is 14.3 Å². The molecule has 0 aliphatic heterocycles. The number of carbonyl (C=O) groups excluding carboxylic acids is 1. The topological polar surface area (TPSA) is 88.2 Å². The maximum absolute atomic E-state index is 12.9. The summed E-state index contributed by atoms with van der Waals surface area (Å²) in [4.78, 5) is 11.9. The number of benzene rings is 1. The highest BCUT2D eigenvalue weighted by Crippen LogP contribution is 2.33. The van der Waals surface area contributed by atoms with Crippen LogP contribution in [0.1, 0.15) is 61.5 Å². The third kappa shape index (κ3) is 4.85. The summed E-state index contributed by atoms with van der Waals surface area (Å²) in [5.74, 6) is 0.940. The smallest absolute Gasteiger partial charge is 0.220 e. The van der Waals surface area contributed by atoms with Crippen molar-refractivity contribution in [1.82, 2.24) is 15.5 Å². The first kappa shape index (κ1) is 17.5. The predicted molar refractivity (Wildman–Crippen MR) is 88.2 cm³/mol. The first-order valence-electron chi connectivity index (χ1n) is 8.64. The standard InChI is InChI=1S/C18H22FN3O3/c19-14-7-5-12(6-8-14)15(23)11-20-16(24)9-10-17-21-22-18(25-17)13-3-1-2-4-13/h5-8,13,15,23H,1-4,9-11H2,(H,20,24). The van der Waals surface area contributed by atoms with Gasteiger partial charge < -0.3 is 14.8 Å². The zero-order chi connectivity index (χ0) is 17.6. The highest BCUT2D eigenvalue weighted by Gasteiger charge is 2.22. The van der Waals surface area contributed by atoms with Gasteiger partial charge in [0, 0.05) is 25.3 Å². The highest BCUT2D eigenvalue weighted by molar-refractivity contribution is 5.76. The second-order valence-corrected chi connectivity index (χ2v) is 6.39. The third-order valence-electron chi connectivity index (χ3n) is 4.50. The van der Waals surface area contributed by atoms with E-state index in [-0.39, 0.29) is 24.7 Å². The zero-order valence-electron chi connectivity index (χ0n) is 13.9. The molecule has 2 N–H and O–H groups in total. The SMILES string of the molecule is O=C(CCc1nnc(C2CCCC2)o1)NCC(O)c1ccc(F)cc1. The number of nitrogens with one attached hydrogen (secondary N) is 1. The van der Waals surface area contributed by atoms with Crippen LogP contribution in [-0.2, 0) is 11.2 Å². The van der Waals surface area contributed by atoms with Crippen molar-refractivity contribution in [2.45, 2.75) is 50.5 Å². The largest absolute Gasteiger partial charge is 0.425 e. The molecule has 134 valence electrons. The molecule has 1 saturated carbocycles. The van der Waals surface area contributed by atoms with Crippen molar-refractivity contribution in [1.29, 1.82) is 0 Å². The fraction of sp³-hybridized carbons (Fsp3) is 0.500. The van der Waals surface area contributed by atoms with Crippen molar-refractivity contribution in [3.8, 4) is 0 Å². The molecule has 0 radical (unpaired) electrons. The minimum atomic E-state index is -0.873. The van der Waals surface area contributed by atoms with Gasteiger partial charge in [-0.2, -0.15) is 0 Å². The normalized spacial score (nSPS) is 16.1. The van der Waals surface area contributed by atoms with Gasteiger partial charge in [-0.15, -0.1) is 10.2 Å². The molecule has 2 aromatic rings.